The lowest BCUT2D eigenvalue weighted by Crippen LogP contribution is -2.28. The fraction of sp³-hybridized carbons (Fsp3) is 0.320. The van der Waals surface area contributed by atoms with Gasteiger partial charge in [-0.1, -0.05) is 23.7 Å². The highest BCUT2D eigenvalue weighted by molar-refractivity contribution is 6.31. The average Bonchev–Trinajstić information content (AvgIpc) is 3.39. The largest absolute Gasteiger partial charge is 0.470 e. The van der Waals surface area contributed by atoms with Crippen molar-refractivity contribution in [2.75, 3.05) is 31.9 Å². The Morgan fingerprint density at radius 2 is 1.83 bits per heavy atom. The number of nitrogens with zero attached hydrogens (tertiary/aromatic N) is 3. The lowest BCUT2D eigenvalue weighted by atomic mass is 10.1. The number of amides is 1. The van der Waals surface area contributed by atoms with Crippen molar-refractivity contribution in [3.63, 3.8) is 0 Å². The number of anilines is 1. The van der Waals surface area contributed by atoms with Gasteiger partial charge in [-0.05, 0) is 63.2 Å². The third-order valence-corrected chi connectivity index (χ3v) is 6.25. The molecule has 184 valence electrons. The predicted molar refractivity (Wildman–Crippen MR) is 130 cm³/mol. The fourth-order valence-corrected chi connectivity index (χ4v) is 4.08. The summed E-state index contributed by atoms with van der Waals surface area (Å²) in [6.07, 6.45) is 4.89. The quantitative estimate of drug-likeness (QED) is 0.332. The van der Waals surface area contributed by atoms with Crippen molar-refractivity contribution < 1.29 is 18.3 Å². The molecule has 1 amide bonds. The summed E-state index contributed by atoms with van der Waals surface area (Å²) in [4.78, 5) is 23.3. The highest BCUT2D eigenvalue weighted by atomic mass is 35.5. The van der Waals surface area contributed by atoms with Gasteiger partial charge in [0.05, 0.1) is 16.9 Å². The molecule has 1 fully saturated rings. The maximum Gasteiger partial charge on any atom is 0.258 e. The van der Waals surface area contributed by atoms with Crippen LogP contribution in [-0.4, -0.2) is 47.0 Å². The van der Waals surface area contributed by atoms with Crippen molar-refractivity contribution in [2.45, 2.75) is 25.9 Å². The van der Waals surface area contributed by atoms with Gasteiger partial charge in [-0.15, -0.1) is 0 Å². The van der Waals surface area contributed by atoms with E-state index >= 15 is 0 Å². The van der Waals surface area contributed by atoms with Crippen molar-refractivity contribution in [1.29, 1.82) is 0 Å². The molecule has 3 N–H and O–H groups in total. The van der Waals surface area contributed by atoms with Crippen LogP contribution in [0.15, 0.2) is 42.6 Å². The van der Waals surface area contributed by atoms with Crippen molar-refractivity contribution in [3.8, 4) is 17.1 Å². The molecule has 1 saturated heterocycles. The third-order valence-electron chi connectivity index (χ3n) is 5.84. The van der Waals surface area contributed by atoms with E-state index in [1.165, 1.54) is 19.0 Å². The second-order valence-electron chi connectivity index (χ2n) is 8.29. The van der Waals surface area contributed by atoms with E-state index in [1.54, 1.807) is 24.3 Å². The summed E-state index contributed by atoms with van der Waals surface area (Å²) in [7, 11) is 0. The van der Waals surface area contributed by atoms with Gasteiger partial charge >= 0.3 is 0 Å². The van der Waals surface area contributed by atoms with Crippen molar-refractivity contribution in [2.24, 2.45) is 0 Å². The zero-order valence-corrected chi connectivity index (χ0v) is 19.8. The van der Waals surface area contributed by atoms with Gasteiger partial charge in [-0.3, -0.25) is 4.79 Å². The van der Waals surface area contributed by atoms with Crippen LogP contribution in [0.1, 0.15) is 35.2 Å². The van der Waals surface area contributed by atoms with E-state index in [-0.39, 0.29) is 34.8 Å². The molecule has 1 aromatic heterocycles. The summed E-state index contributed by atoms with van der Waals surface area (Å²) >= 11 is 5.84. The Kier molecular flexibility index (Phi) is 8.09. The van der Waals surface area contributed by atoms with Crippen molar-refractivity contribution in [1.82, 2.24) is 20.2 Å². The number of hydrogen-bond donors (Lipinski definition) is 2. The molecule has 7 nitrogen and oxygen atoms in total. The summed E-state index contributed by atoms with van der Waals surface area (Å²) in [6, 6.07) is 8.79. The maximum atomic E-state index is 14.0. The van der Waals surface area contributed by atoms with Crippen LogP contribution in [0, 0.1) is 11.6 Å². The Hall–Kier alpha value is -3.30. The third kappa shape index (κ3) is 6.23. The van der Waals surface area contributed by atoms with Crippen molar-refractivity contribution in [3.05, 3.63) is 70.4 Å². The highest BCUT2D eigenvalue weighted by Crippen LogP contribution is 2.27. The summed E-state index contributed by atoms with van der Waals surface area (Å²) in [5.41, 5.74) is 7.36. The normalized spacial score (nSPS) is 13.7. The van der Waals surface area contributed by atoms with Crippen LogP contribution in [0.2, 0.25) is 5.02 Å². The van der Waals surface area contributed by atoms with Gasteiger partial charge in [-0.25, -0.2) is 18.7 Å². The first-order valence-corrected chi connectivity index (χ1v) is 11.8. The van der Waals surface area contributed by atoms with Gasteiger partial charge in [0.15, 0.2) is 5.82 Å². The van der Waals surface area contributed by atoms with Crippen LogP contribution in [0.3, 0.4) is 0 Å². The smallest absolute Gasteiger partial charge is 0.258 e. The summed E-state index contributed by atoms with van der Waals surface area (Å²) in [5.74, 6) is -1.65. The van der Waals surface area contributed by atoms with E-state index in [0.29, 0.717) is 23.4 Å². The standard InChI is InChI=1S/C25H26ClF2N5O2/c26-22-18(19(27)8-9-20(22)28)15-35-25-23(29)31-14-21(32-25)16-4-6-17(7-5-16)24(34)30-10-3-13-33-11-1-2-12-33/h4-9,14H,1-3,10-13,15H2,(H2,29,31)(H,30,34). The number of rotatable bonds is 9. The summed E-state index contributed by atoms with van der Waals surface area (Å²) in [5, 5.41) is 2.58. The number of halogens is 3. The monoisotopic (exact) mass is 501 g/mol. The number of carbonyl (C=O) groups is 1. The van der Waals surface area contributed by atoms with Crippen LogP contribution in [-0.2, 0) is 6.61 Å². The van der Waals surface area contributed by atoms with E-state index in [4.69, 9.17) is 22.1 Å². The first-order chi connectivity index (χ1) is 16.9. The molecular weight excluding hydrogens is 476 g/mol. The van der Waals surface area contributed by atoms with E-state index in [0.717, 1.165) is 38.2 Å². The Morgan fingerprint density at radius 3 is 2.57 bits per heavy atom. The van der Waals surface area contributed by atoms with Gasteiger partial charge < -0.3 is 20.7 Å². The van der Waals surface area contributed by atoms with E-state index < -0.39 is 11.6 Å². The second kappa shape index (κ2) is 11.4. The number of ether oxygens (including phenoxy) is 1. The fourth-order valence-electron chi connectivity index (χ4n) is 3.87. The molecule has 0 spiro atoms. The van der Waals surface area contributed by atoms with Crippen LogP contribution in [0.25, 0.3) is 11.3 Å². The molecule has 3 aromatic rings. The number of hydrogen-bond acceptors (Lipinski definition) is 6. The molecule has 10 heteroatoms. The lowest BCUT2D eigenvalue weighted by Gasteiger charge is -2.14. The molecule has 0 unspecified atom stereocenters. The van der Waals surface area contributed by atoms with Crippen molar-refractivity contribution >= 4 is 23.3 Å². The molecule has 0 bridgehead atoms. The van der Waals surface area contributed by atoms with Gasteiger partial charge in [0, 0.05) is 23.2 Å². The highest BCUT2D eigenvalue weighted by Gasteiger charge is 2.16. The van der Waals surface area contributed by atoms with Crippen LogP contribution in [0.5, 0.6) is 5.88 Å². The number of nitrogens with two attached hydrogens (primary N) is 1. The molecule has 35 heavy (non-hydrogen) atoms. The molecule has 0 atom stereocenters. The van der Waals surface area contributed by atoms with Gasteiger partial charge in [-0.2, -0.15) is 0 Å². The van der Waals surface area contributed by atoms with Gasteiger partial charge in [0.2, 0.25) is 0 Å². The van der Waals surface area contributed by atoms with Gasteiger partial charge in [0.25, 0.3) is 11.8 Å². The molecule has 2 heterocycles. The van der Waals surface area contributed by atoms with E-state index in [9.17, 15) is 13.6 Å². The Morgan fingerprint density at radius 1 is 1.11 bits per heavy atom. The first kappa shape index (κ1) is 24.8. The second-order valence-corrected chi connectivity index (χ2v) is 8.67. The van der Waals surface area contributed by atoms with E-state index in [1.807, 2.05) is 0 Å². The zero-order valence-electron chi connectivity index (χ0n) is 19.1. The zero-order chi connectivity index (χ0) is 24.8. The Bertz CT molecular complexity index is 1190. The average molecular weight is 502 g/mol. The number of nitrogen functional groups attached to an aromatic ring is 1. The lowest BCUT2D eigenvalue weighted by molar-refractivity contribution is 0.0952. The SMILES string of the molecule is Nc1ncc(-c2ccc(C(=O)NCCCN3CCCC3)cc2)nc1OCc1c(F)ccc(F)c1Cl. The minimum Gasteiger partial charge on any atom is -0.470 e. The molecule has 1 aliphatic rings. The summed E-state index contributed by atoms with van der Waals surface area (Å²) in [6.45, 7) is 3.54. The van der Waals surface area contributed by atoms with Crippen LogP contribution >= 0.6 is 11.6 Å². The number of carbonyl (C=O) groups excluding carboxylic acids is 1. The molecule has 0 radical (unpaired) electrons. The van der Waals surface area contributed by atoms with Gasteiger partial charge in [0.1, 0.15) is 18.2 Å². The summed E-state index contributed by atoms with van der Waals surface area (Å²) < 4.78 is 33.2. The molecule has 0 aliphatic carbocycles. The minimum atomic E-state index is -0.754. The molecule has 2 aromatic carbocycles. The Labute approximate surface area is 207 Å². The molecular formula is C25H26ClF2N5O2. The molecule has 4 rings (SSSR count). The number of benzene rings is 2. The van der Waals surface area contributed by atoms with E-state index in [2.05, 4.69) is 20.2 Å². The predicted octanol–water partition coefficient (Wildman–Crippen LogP) is 4.45. The maximum absolute atomic E-state index is 14.0. The van der Waals surface area contributed by atoms with Crippen LogP contribution < -0.4 is 15.8 Å². The number of nitrogens with one attached hydrogen (secondary N) is 1. The number of likely N-dealkylation sites (tertiary alicyclic amines) is 1. The minimum absolute atomic E-state index is 0.00777. The topological polar surface area (TPSA) is 93.4 Å². The molecule has 1 aliphatic heterocycles. The van der Waals surface area contributed by atoms with Crippen LogP contribution in [0.4, 0.5) is 14.6 Å². The molecule has 0 saturated carbocycles. The number of aromatic nitrogens is 2. The Balaban J connectivity index is 1.37. The first-order valence-electron chi connectivity index (χ1n) is 11.4.